The third kappa shape index (κ3) is 3.71. The van der Waals surface area contributed by atoms with Gasteiger partial charge in [-0.1, -0.05) is 23.7 Å². The number of ether oxygens (including phenoxy) is 2. The fourth-order valence-corrected chi connectivity index (χ4v) is 2.91. The molecular weight excluding hydrogens is 330 g/mol. The van der Waals surface area contributed by atoms with Crippen LogP contribution in [0.4, 0.5) is 5.82 Å². The maximum absolute atomic E-state index is 11.5. The molecule has 0 aliphatic carbocycles. The van der Waals surface area contributed by atoms with E-state index < -0.39 is 0 Å². The number of aryl methyl sites for hydroxylation is 1. The molecule has 1 aromatic carbocycles. The second kappa shape index (κ2) is 7.68. The largest absolute Gasteiger partial charge is 0.469 e. The van der Waals surface area contributed by atoms with Crippen LogP contribution >= 0.6 is 11.6 Å². The first-order valence-electron chi connectivity index (χ1n) is 7.90. The maximum atomic E-state index is 11.5. The SMILES string of the molecule is COC(=O)CCn1ncc(-c2ccc(Cl)cc2)c1N1CCOCC1. The summed E-state index contributed by atoms with van der Waals surface area (Å²) in [5.41, 5.74) is 2.07. The Kier molecular flexibility index (Phi) is 5.37. The molecule has 6 nitrogen and oxygen atoms in total. The molecule has 3 rings (SSSR count). The van der Waals surface area contributed by atoms with Gasteiger partial charge in [-0.25, -0.2) is 4.68 Å². The summed E-state index contributed by atoms with van der Waals surface area (Å²) >= 11 is 5.99. The van der Waals surface area contributed by atoms with E-state index in [1.807, 2.05) is 35.1 Å². The first-order valence-corrected chi connectivity index (χ1v) is 8.28. The molecular formula is C17H20ClN3O3. The minimum atomic E-state index is -0.244. The number of aromatic nitrogens is 2. The average Bonchev–Trinajstić information content (AvgIpc) is 3.05. The summed E-state index contributed by atoms with van der Waals surface area (Å²) in [6.07, 6.45) is 2.13. The number of methoxy groups -OCH3 is 1. The van der Waals surface area contributed by atoms with Crippen molar-refractivity contribution in [2.45, 2.75) is 13.0 Å². The van der Waals surface area contributed by atoms with Crippen molar-refractivity contribution in [1.29, 1.82) is 0 Å². The van der Waals surface area contributed by atoms with E-state index in [1.165, 1.54) is 7.11 Å². The van der Waals surface area contributed by atoms with Gasteiger partial charge in [0.15, 0.2) is 0 Å². The van der Waals surface area contributed by atoms with Crippen LogP contribution in [0, 0.1) is 0 Å². The molecule has 0 unspecified atom stereocenters. The van der Waals surface area contributed by atoms with Gasteiger partial charge < -0.3 is 14.4 Å². The van der Waals surface area contributed by atoms with Gasteiger partial charge in [-0.15, -0.1) is 0 Å². The first kappa shape index (κ1) is 16.8. The molecule has 128 valence electrons. The van der Waals surface area contributed by atoms with E-state index in [0.717, 1.165) is 30.0 Å². The van der Waals surface area contributed by atoms with Crippen LogP contribution in [0.3, 0.4) is 0 Å². The van der Waals surface area contributed by atoms with E-state index in [0.29, 0.717) is 24.8 Å². The van der Waals surface area contributed by atoms with E-state index in [1.54, 1.807) is 0 Å². The van der Waals surface area contributed by atoms with Crippen LogP contribution in [0.5, 0.6) is 0 Å². The second-order valence-corrected chi connectivity index (χ2v) is 5.97. The minimum absolute atomic E-state index is 0.244. The van der Waals surface area contributed by atoms with Crippen LogP contribution in [0.1, 0.15) is 6.42 Å². The minimum Gasteiger partial charge on any atom is -0.469 e. The Labute approximate surface area is 145 Å². The summed E-state index contributed by atoms with van der Waals surface area (Å²) in [4.78, 5) is 13.7. The molecule has 0 spiro atoms. The van der Waals surface area contributed by atoms with Gasteiger partial charge in [-0.05, 0) is 17.7 Å². The molecule has 0 saturated carbocycles. The van der Waals surface area contributed by atoms with E-state index in [9.17, 15) is 4.79 Å². The van der Waals surface area contributed by atoms with Crippen LogP contribution in [0.2, 0.25) is 5.02 Å². The van der Waals surface area contributed by atoms with Crippen molar-refractivity contribution in [2.24, 2.45) is 0 Å². The van der Waals surface area contributed by atoms with Gasteiger partial charge in [-0.3, -0.25) is 4.79 Å². The topological polar surface area (TPSA) is 56.6 Å². The smallest absolute Gasteiger partial charge is 0.307 e. The molecule has 7 heteroatoms. The van der Waals surface area contributed by atoms with Crippen molar-refractivity contribution in [3.8, 4) is 11.1 Å². The standard InChI is InChI=1S/C17H20ClN3O3/c1-23-16(22)6-7-21-17(20-8-10-24-11-9-20)15(12-19-21)13-2-4-14(18)5-3-13/h2-5,12H,6-11H2,1H3. The Morgan fingerprint density at radius 2 is 2.00 bits per heavy atom. The van der Waals surface area contributed by atoms with Crippen LogP contribution in [-0.2, 0) is 20.8 Å². The number of morpholine rings is 1. The Hall–Kier alpha value is -2.05. The number of rotatable bonds is 5. The predicted molar refractivity (Wildman–Crippen MR) is 92.3 cm³/mol. The highest BCUT2D eigenvalue weighted by Crippen LogP contribution is 2.32. The van der Waals surface area contributed by atoms with Gasteiger partial charge in [0.25, 0.3) is 0 Å². The summed E-state index contributed by atoms with van der Waals surface area (Å²) in [5, 5.41) is 5.19. The number of hydrogen-bond acceptors (Lipinski definition) is 5. The lowest BCUT2D eigenvalue weighted by atomic mass is 10.1. The highest BCUT2D eigenvalue weighted by atomic mass is 35.5. The van der Waals surface area contributed by atoms with E-state index >= 15 is 0 Å². The maximum Gasteiger partial charge on any atom is 0.307 e. The summed E-state index contributed by atoms with van der Waals surface area (Å²) in [6.45, 7) is 3.44. The molecule has 0 amide bonds. The Bertz CT molecular complexity index is 694. The van der Waals surface area contributed by atoms with Crippen molar-refractivity contribution in [3.05, 3.63) is 35.5 Å². The zero-order chi connectivity index (χ0) is 16.9. The van der Waals surface area contributed by atoms with Crippen molar-refractivity contribution in [3.63, 3.8) is 0 Å². The molecule has 0 radical (unpaired) electrons. The van der Waals surface area contributed by atoms with E-state index in [-0.39, 0.29) is 12.4 Å². The van der Waals surface area contributed by atoms with Crippen molar-refractivity contribution >= 4 is 23.4 Å². The fourth-order valence-electron chi connectivity index (χ4n) is 2.78. The first-order chi connectivity index (χ1) is 11.7. The van der Waals surface area contributed by atoms with Gasteiger partial charge in [0.1, 0.15) is 5.82 Å². The van der Waals surface area contributed by atoms with Gasteiger partial charge in [0.05, 0.1) is 39.5 Å². The molecule has 1 saturated heterocycles. The third-order valence-corrected chi connectivity index (χ3v) is 4.28. The number of benzene rings is 1. The summed E-state index contributed by atoms with van der Waals surface area (Å²) in [6, 6.07) is 7.69. The highest BCUT2D eigenvalue weighted by molar-refractivity contribution is 6.30. The quantitative estimate of drug-likeness (QED) is 0.777. The van der Waals surface area contributed by atoms with Gasteiger partial charge in [-0.2, -0.15) is 5.10 Å². The van der Waals surface area contributed by atoms with E-state index in [2.05, 4.69) is 10.00 Å². The molecule has 1 aliphatic heterocycles. The summed E-state index contributed by atoms with van der Waals surface area (Å²) < 4.78 is 12.1. The zero-order valence-corrected chi connectivity index (χ0v) is 14.3. The van der Waals surface area contributed by atoms with Gasteiger partial charge in [0.2, 0.25) is 0 Å². The molecule has 0 atom stereocenters. The Morgan fingerprint density at radius 3 is 2.67 bits per heavy atom. The number of anilines is 1. The number of halogens is 1. The number of esters is 1. The molecule has 1 aromatic heterocycles. The number of carbonyl (C=O) groups excluding carboxylic acids is 1. The fraction of sp³-hybridized carbons (Fsp3) is 0.412. The monoisotopic (exact) mass is 349 g/mol. The average molecular weight is 350 g/mol. The van der Waals surface area contributed by atoms with Crippen molar-refractivity contribution in [2.75, 3.05) is 38.3 Å². The Morgan fingerprint density at radius 1 is 1.29 bits per heavy atom. The molecule has 24 heavy (non-hydrogen) atoms. The molecule has 1 fully saturated rings. The predicted octanol–water partition coefficient (Wildman–Crippen LogP) is 2.60. The zero-order valence-electron chi connectivity index (χ0n) is 13.6. The van der Waals surface area contributed by atoms with E-state index in [4.69, 9.17) is 21.1 Å². The highest BCUT2D eigenvalue weighted by Gasteiger charge is 2.21. The molecule has 2 heterocycles. The van der Waals surface area contributed by atoms with Gasteiger partial charge >= 0.3 is 5.97 Å². The molecule has 0 bridgehead atoms. The summed E-state index contributed by atoms with van der Waals surface area (Å²) in [5.74, 6) is 0.760. The summed E-state index contributed by atoms with van der Waals surface area (Å²) in [7, 11) is 1.40. The van der Waals surface area contributed by atoms with Crippen LogP contribution < -0.4 is 4.90 Å². The lowest BCUT2D eigenvalue weighted by Gasteiger charge is -2.30. The lowest BCUT2D eigenvalue weighted by molar-refractivity contribution is -0.140. The second-order valence-electron chi connectivity index (χ2n) is 5.54. The van der Waals surface area contributed by atoms with Crippen molar-refractivity contribution < 1.29 is 14.3 Å². The number of nitrogens with zero attached hydrogens (tertiary/aromatic N) is 3. The number of hydrogen-bond donors (Lipinski definition) is 0. The number of carbonyl (C=O) groups is 1. The van der Waals surface area contributed by atoms with Crippen LogP contribution in [0.25, 0.3) is 11.1 Å². The van der Waals surface area contributed by atoms with Gasteiger partial charge in [0, 0.05) is 23.7 Å². The lowest BCUT2D eigenvalue weighted by Crippen LogP contribution is -2.38. The van der Waals surface area contributed by atoms with Crippen molar-refractivity contribution in [1.82, 2.24) is 9.78 Å². The van der Waals surface area contributed by atoms with Crippen LogP contribution in [0.15, 0.2) is 30.5 Å². The van der Waals surface area contributed by atoms with Crippen LogP contribution in [-0.4, -0.2) is 49.2 Å². The third-order valence-electron chi connectivity index (χ3n) is 4.03. The molecule has 1 aliphatic rings. The molecule has 2 aromatic rings. The Balaban J connectivity index is 1.93. The molecule has 0 N–H and O–H groups in total. The normalized spacial score (nSPS) is 14.7.